The Labute approximate surface area is 129 Å². The Kier molecular flexibility index (Phi) is 4.83. The minimum atomic E-state index is -1.72. The molecule has 0 heterocycles. The summed E-state index contributed by atoms with van der Waals surface area (Å²) < 4.78 is 0.910. The molecule has 0 aliphatic heterocycles. The number of nitrogens with one attached hydrogen (secondary N) is 1. The second-order valence-corrected chi connectivity index (χ2v) is 5.39. The average molecular weight is 354 g/mol. The van der Waals surface area contributed by atoms with Gasteiger partial charge in [-0.1, -0.05) is 27.5 Å². The van der Waals surface area contributed by atoms with Gasteiger partial charge in [-0.25, -0.2) is 0 Å². The van der Waals surface area contributed by atoms with Gasteiger partial charge in [-0.15, -0.1) is 0 Å². The first kappa shape index (κ1) is 15.1. The van der Waals surface area contributed by atoms with E-state index >= 15 is 0 Å². The topological polar surface area (TPSA) is 69.6 Å². The Hall–Kier alpha value is -1.34. The second kappa shape index (κ2) is 6.41. The van der Waals surface area contributed by atoms with Crippen LogP contribution in [0.5, 0.6) is 0 Å². The lowest BCUT2D eigenvalue weighted by Gasteiger charge is -2.08. The van der Waals surface area contributed by atoms with E-state index in [1.54, 1.807) is 24.3 Å². The van der Waals surface area contributed by atoms with Gasteiger partial charge in [0, 0.05) is 26.2 Å². The zero-order valence-electron chi connectivity index (χ0n) is 10.2. The summed E-state index contributed by atoms with van der Waals surface area (Å²) >= 11 is 9.12. The van der Waals surface area contributed by atoms with Gasteiger partial charge < -0.3 is 15.4 Å². The third-order valence-corrected chi connectivity index (χ3v) is 3.51. The van der Waals surface area contributed by atoms with E-state index < -0.39 is 7.12 Å². The Morgan fingerprint density at radius 1 is 1.15 bits per heavy atom. The van der Waals surface area contributed by atoms with Crippen molar-refractivity contribution in [3.8, 4) is 0 Å². The molecule has 1 amide bonds. The summed E-state index contributed by atoms with van der Waals surface area (Å²) in [4.78, 5) is 12.1. The molecule has 2 aromatic carbocycles. The Morgan fingerprint density at radius 2 is 1.80 bits per heavy atom. The van der Waals surface area contributed by atoms with Crippen molar-refractivity contribution in [1.82, 2.24) is 0 Å². The fourth-order valence-corrected chi connectivity index (χ4v) is 2.10. The van der Waals surface area contributed by atoms with E-state index in [0.29, 0.717) is 11.3 Å². The Bertz CT molecular complexity index is 634. The lowest BCUT2D eigenvalue weighted by molar-refractivity contribution is 0.102. The number of anilines is 1. The minimum Gasteiger partial charge on any atom is -0.423 e. The molecule has 0 aromatic heterocycles. The van der Waals surface area contributed by atoms with Crippen molar-refractivity contribution in [3.63, 3.8) is 0 Å². The smallest absolute Gasteiger partial charge is 0.423 e. The van der Waals surface area contributed by atoms with Crippen LogP contribution in [0, 0.1) is 0 Å². The lowest BCUT2D eigenvalue weighted by atomic mass is 9.79. The molecular weight excluding hydrogens is 344 g/mol. The molecule has 0 atom stereocenters. The van der Waals surface area contributed by atoms with Crippen molar-refractivity contribution in [2.24, 2.45) is 0 Å². The maximum atomic E-state index is 12.1. The Balaban J connectivity index is 2.21. The summed E-state index contributed by atoms with van der Waals surface area (Å²) in [7, 11) is -1.72. The summed E-state index contributed by atoms with van der Waals surface area (Å²) in [6.07, 6.45) is 0. The predicted octanol–water partition coefficient (Wildman–Crippen LogP) is 2.03. The van der Waals surface area contributed by atoms with Crippen molar-refractivity contribution in [2.75, 3.05) is 5.32 Å². The molecule has 0 saturated carbocycles. The second-order valence-electron chi connectivity index (χ2n) is 4.07. The van der Waals surface area contributed by atoms with Gasteiger partial charge in [-0.3, -0.25) is 4.79 Å². The first-order valence-corrected chi connectivity index (χ1v) is 6.87. The van der Waals surface area contributed by atoms with E-state index in [1.165, 1.54) is 18.2 Å². The van der Waals surface area contributed by atoms with Crippen LogP contribution in [-0.4, -0.2) is 23.1 Å². The van der Waals surface area contributed by atoms with Gasteiger partial charge in [0.1, 0.15) is 0 Å². The molecule has 7 heteroatoms. The van der Waals surface area contributed by atoms with E-state index in [4.69, 9.17) is 21.6 Å². The number of hydrogen-bond acceptors (Lipinski definition) is 3. The van der Waals surface area contributed by atoms with Gasteiger partial charge in [0.15, 0.2) is 0 Å². The zero-order valence-corrected chi connectivity index (χ0v) is 12.5. The van der Waals surface area contributed by atoms with Crippen molar-refractivity contribution < 1.29 is 14.8 Å². The van der Waals surface area contributed by atoms with Gasteiger partial charge in [0.25, 0.3) is 5.91 Å². The third kappa shape index (κ3) is 3.61. The largest absolute Gasteiger partial charge is 0.489 e. The highest BCUT2D eigenvalue weighted by Gasteiger charge is 2.17. The normalized spacial score (nSPS) is 10.2. The molecule has 0 bridgehead atoms. The molecule has 2 aromatic rings. The monoisotopic (exact) mass is 353 g/mol. The number of carbonyl (C=O) groups excluding carboxylic acids is 1. The van der Waals surface area contributed by atoms with Gasteiger partial charge in [-0.05, 0) is 42.5 Å². The fourth-order valence-electron chi connectivity index (χ4n) is 1.62. The van der Waals surface area contributed by atoms with E-state index in [9.17, 15) is 4.79 Å². The van der Waals surface area contributed by atoms with E-state index in [-0.39, 0.29) is 16.4 Å². The zero-order chi connectivity index (χ0) is 14.7. The van der Waals surface area contributed by atoms with Crippen LogP contribution >= 0.6 is 27.5 Å². The molecule has 20 heavy (non-hydrogen) atoms. The first-order chi connectivity index (χ1) is 9.47. The van der Waals surface area contributed by atoms with Gasteiger partial charge in [-0.2, -0.15) is 0 Å². The molecule has 0 radical (unpaired) electrons. The number of halogens is 2. The highest BCUT2D eigenvalue weighted by molar-refractivity contribution is 9.10. The van der Waals surface area contributed by atoms with Crippen molar-refractivity contribution in [1.29, 1.82) is 0 Å². The summed E-state index contributed by atoms with van der Waals surface area (Å²) in [5.74, 6) is -0.356. The third-order valence-electron chi connectivity index (χ3n) is 2.64. The van der Waals surface area contributed by atoms with Crippen LogP contribution in [0.25, 0.3) is 0 Å². The number of amides is 1. The molecule has 3 N–H and O–H groups in total. The van der Waals surface area contributed by atoms with Crippen molar-refractivity contribution >= 4 is 51.7 Å². The predicted molar refractivity (Wildman–Crippen MR) is 83.4 cm³/mol. The molecule has 0 saturated heterocycles. The van der Waals surface area contributed by atoms with Crippen LogP contribution in [0.4, 0.5) is 5.69 Å². The maximum Gasteiger partial charge on any atom is 0.489 e. The first-order valence-electron chi connectivity index (χ1n) is 5.70. The van der Waals surface area contributed by atoms with Crippen LogP contribution in [-0.2, 0) is 0 Å². The number of hydrogen-bond donors (Lipinski definition) is 3. The van der Waals surface area contributed by atoms with Crippen LogP contribution in [0.3, 0.4) is 0 Å². The molecule has 0 fully saturated rings. The maximum absolute atomic E-state index is 12.1. The van der Waals surface area contributed by atoms with Crippen LogP contribution in [0.2, 0.25) is 5.02 Å². The van der Waals surface area contributed by atoms with Crippen LogP contribution in [0.1, 0.15) is 10.4 Å². The highest BCUT2D eigenvalue weighted by Crippen LogP contribution is 2.15. The summed E-state index contributed by atoms with van der Waals surface area (Å²) in [5, 5.41) is 21.2. The van der Waals surface area contributed by atoms with Crippen LogP contribution < -0.4 is 10.8 Å². The number of benzene rings is 2. The summed E-state index contributed by atoms with van der Waals surface area (Å²) in [5.41, 5.74) is 1.02. The van der Waals surface area contributed by atoms with Crippen LogP contribution in [0.15, 0.2) is 46.9 Å². The molecule has 0 spiro atoms. The quantitative estimate of drug-likeness (QED) is 0.739. The molecular formula is C13H10BBrClNO3. The summed E-state index contributed by atoms with van der Waals surface area (Å²) in [6.45, 7) is 0. The molecule has 2 rings (SSSR count). The lowest BCUT2D eigenvalue weighted by Crippen LogP contribution is -2.31. The molecule has 0 aliphatic rings. The molecule has 102 valence electrons. The SMILES string of the molecule is O=C(Nc1ccc(Br)cc1)c1ccc(Cl)c(B(O)O)c1. The van der Waals surface area contributed by atoms with Gasteiger partial charge in [0.2, 0.25) is 0 Å². The van der Waals surface area contributed by atoms with E-state index in [0.717, 1.165) is 4.47 Å². The minimum absolute atomic E-state index is 0.0927. The number of carbonyl (C=O) groups is 1. The van der Waals surface area contributed by atoms with Gasteiger partial charge in [0.05, 0.1) is 0 Å². The average Bonchev–Trinajstić information content (AvgIpc) is 2.41. The molecule has 0 unspecified atom stereocenters. The standard InChI is InChI=1S/C13H10BBrClNO3/c15-9-2-4-10(5-3-9)17-13(18)8-1-6-12(16)11(7-8)14(19)20/h1-7,19-20H,(H,17,18). The van der Waals surface area contributed by atoms with Crippen molar-refractivity contribution in [3.05, 3.63) is 57.5 Å². The fraction of sp³-hybridized carbons (Fsp3) is 0. The number of rotatable bonds is 3. The molecule has 4 nitrogen and oxygen atoms in total. The van der Waals surface area contributed by atoms with E-state index in [2.05, 4.69) is 21.2 Å². The Morgan fingerprint density at radius 3 is 2.40 bits per heavy atom. The molecule has 0 aliphatic carbocycles. The van der Waals surface area contributed by atoms with E-state index in [1.807, 2.05) is 0 Å². The highest BCUT2D eigenvalue weighted by atomic mass is 79.9. The van der Waals surface area contributed by atoms with Gasteiger partial charge >= 0.3 is 7.12 Å². The van der Waals surface area contributed by atoms with Crippen molar-refractivity contribution in [2.45, 2.75) is 0 Å². The summed E-state index contributed by atoms with van der Waals surface area (Å²) in [6, 6.07) is 11.4.